The second-order valence-electron chi connectivity index (χ2n) is 4.51. The van der Waals surface area contributed by atoms with Crippen molar-refractivity contribution >= 4 is 0 Å². The van der Waals surface area contributed by atoms with Crippen LogP contribution in [0.4, 0.5) is 0 Å². The van der Waals surface area contributed by atoms with E-state index in [0.29, 0.717) is 11.4 Å². The molecule has 0 aliphatic heterocycles. The van der Waals surface area contributed by atoms with Crippen molar-refractivity contribution in [3.05, 3.63) is 66.0 Å². The van der Waals surface area contributed by atoms with E-state index in [1.54, 1.807) is 29.2 Å². The van der Waals surface area contributed by atoms with Crippen molar-refractivity contribution in [2.24, 2.45) is 0 Å². The minimum Gasteiger partial charge on any atom is -0.237 e. The Morgan fingerprint density at radius 2 is 2.00 bits per heavy atom. The third-order valence-corrected chi connectivity index (χ3v) is 3.05. The van der Waals surface area contributed by atoms with Gasteiger partial charge in [0, 0.05) is 17.8 Å². The largest absolute Gasteiger partial charge is 0.237 e. The maximum absolute atomic E-state index is 8.97. The second kappa shape index (κ2) is 4.98. The molecule has 0 aliphatic carbocycles. The molecule has 0 atom stereocenters. The van der Waals surface area contributed by atoms with Crippen LogP contribution >= 0.6 is 0 Å². The Kier molecular flexibility index (Phi) is 3.02. The van der Waals surface area contributed by atoms with Gasteiger partial charge in [0.2, 0.25) is 0 Å². The van der Waals surface area contributed by atoms with Gasteiger partial charge in [-0.15, -0.1) is 0 Å². The highest BCUT2D eigenvalue weighted by Gasteiger charge is 2.09. The molecule has 3 aromatic rings. The summed E-state index contributed by atoms with van der Waals surface area (Å²) in [6, 6.07) is 15.7. The standard InChI is InChI=1S/C16H12N4/c1-12-3-2-4-14(9-12)15-6-8-19-20(15)16-10-13(11-17)5-7-18-16/h2-10H,1H3. The number of hydrogen-bond acceptors (Lipinski definition) is 3. The highest BCUT2D eigenvalue weighted by Crippen LogP contribution is 2.22. The van der Waals surface area contributed by atoms with Crippen LogP contribution in [-0.4, -0.2) is 14.8 Å². The van der Waals surface area contributed by atoms with Crippen molar-refractivity contribution in [1.29, 1.82) is 5.26 Å². The molecule has 0 saturated carbocycles. The highest BCUT2D eigenvalue weighted by molar-refractivity contribution is 5.62. The van der Waals surface area contributed by atoms with Crippen molar-refractivity contribution in [3.8, 4) is 23.1 Å². The van der Waals surface area contributed by atoms with E-state index in [9.17, 15) is 0 Å². The number of nitriles is 1. The van der Waals surface area contributed by atoms with Gasteiger partial charge in [0.05, 0.1) is 23.5 Å². The molecule has 4 nitrogen and oxygen atoms in total. The summed E-state index contributed by atoms with van der Waals surface area (Å²) in [5, 5.41) is 13.3. The SMILES string of the molecule is Cc1cccc(-c2ccnn2-c2cc(C#N)ccn2)c1. The van der Waals surface area contributed by atoms with Gasteiger partial charge < -0.3 is 0 Å². The van der Waals surface area contributed by atoms with Gasteiger partial charge in [-0.2, -0.15) is 10.4 Å². The normalized spacial score (nSPS) is 10.2. The first-order valence-electron chi connectivity index (χ1n) is 6.25. The average molecular weight is 260 g/mol. The Hall–Kier alpha value is -2.93. The van der Waals surface area contributed by atoms with Crippen molar-refractivity contribution in [2.45, 2.75) is 6.92 Å². The Labute approximate surface area is 116 Å². The topological polar surface area (TPSA) is 54.5 Å². The summed E-state index contributed by atoms with van der Waals surface area (Å²) in [7, 11) is 0. The van der Waals surface area contributed by atoms with Crippen LogP contribution < -0.4 is 0 Å². The molecule has 0 amide bonds. The van der Waals surface area contributed by atoms with Gasteiger partial charge in [0.15, 0.2) is 5.82 Å². The van der Waals surface area contributed by atoms with E-state index < -0.39 is 0 Å². The van der Waals surface area contributed by atoms with Gasteiger partial charge in [0.25, 0.3) is 0 Å². The predicted molar refractivity (Wildman–Crippen MR) is 76.2 cm³/mol. The van der Waals surface area contributed by atoms with Crippen LogP contribution in [-0.2, 0) is 0 Å². The fraction of sp³-hybridized carbons (Fsp3) is 0.0625. The Bertz CT molecular complexity index is 796. The van der Waals surface area contributed by atoms with Crippen LogP contribution in [0.25, 0.3) is 17.1 Å². The quantitative estimate of drug-likeness (QED) is 0.711. The molecular weight excluding hydrogens is 248 g/mol. The summed E-state index contributed by atoms with van der Waals surface area (Å²) >= 11 is 0. The van der Waals surface area contributed by atoms with Gasteiger partial charge in [-0.3, -0.25) is 0 Å². The maximum atomic E-state index is 8.97. The summed E-state index contributed by atoms with van der Waals surface area (Å²) in [4.78, 5) is 4.29. The molecular formula is C16H12N4. The van der Waals surface area contributed by atoms with Crippen LogP contribution in [0.3, 0.4) is 0 Å². The van der Waals surface area contributed by atoms with E-state index in [4.69, 9.17) is 5.26 Å². The minimum atomic E-state index is 0.570. The van der Waals surface area contributed by atoms with E-state index in [2.05, 4.69) is 35.2 Å². The van der Waals surface area contributed by atoms with E-state index in [1.807, 2.05) is 18.2 Å². The summed E-state index contributed by atoms with van der Waals surface area (Å²) in [5.74, 6) is 0.644. The monoisotopic (exact) mass is 260 g/mol. The van der Waals surface area contributed by atoms with Crippen LogP contribution in [0.5, 0.6) is 0 Å². The number of nitrogens with zero attached hydrogens (tertiary/aromatic N) is 4. The summed E-state index contributed by atoms with van der Waals surface area (Å²) in [6.45, 7) is 2.05. The van der Waals surface area contributed by atoms with E-state index in [-0.39, 0.29) is 0 Å². The molecule has 0 spiro atoms. The summed E-state index contributed by atoms with van der Waals surface area (Å²) in [6.07, 6.45) is 3.36. The van der Waals surface area contributed by atoms with Gasteiger partial charge in [-0.25, -0.2) is 9.67 Å². The fourth-order valence-corrected chi connectivity index (χ4v) is 2.11. The van der Waals surface area contributed by atoms with Crippen LogP contribution in [0, 0.1) is 18.3 Å². The van der Waals surface area contributed by atoms with Gasteiger partial charge in [-0.05, 0) is 25.1 Å². The molecule has 20 heavy (non-hydrogen) atoms. The highest BCUT2D eigenvalue weighted by atomic mass is 15.3. The lowest BCUT2D eigenvalue weighted by Gasteiger charge is -2.07. The molecule has 96 valence electrons. The molecule has 2 heterocycles. The zero-order valence-corrected chi connectivity index (χ0v) is 11.0. The summed E-state index contributed by atoms with van der Waals surface area (Å²) < 4.78 is 1.75. The fourth-order valence-electron chi connectivity index (χ4n) is 2.11. The lowest BCUT2D eigenvalue weighted by atomic mass is 10.1. The first kappa shape index (κ1) is 12.1. The van der Waals surface area contributed by atoms with Crippen LogP contribution in [0.2, 0.25) is 0 Å². The Morgan fingerprint density at radius 1 is 1.10 bits per heavy atom. The Balaban J connectivity index is 2.13. The van der Waals surface area contributed by atoms with Crippen LogP contribution in [0.15, 0.2) is 54.9 Å². The van der Waals surface area contributed by atoms with Crippen molar-refractivity contribution in [1.82, 2.24) is 14.8 Å². The predicted octanol–water partition coefficient (Wildman–Crippen LogP) is 3.11. The molecule has 2 aromatic heterocycles. The molecule has 0 bridgehead atoms. The van der Waals surface area contributed by atoms with Crippen LogP contribution in [0.1, 0.15) is 11.1 Å². The van der Waals surface area contributed by atoms with Gasteiger partial charge in [0.1, 0.15) is 0 Å². The van der Waals surface area contributed by atoms with E-state index >= 15 is 0 Å². The molecule has 4 heteroatoms. The van der Waals surface area contributed by atoms with Gasteiger partial charge >= 0.3 is 0 Å². The molecule has 1 aromatic carbocycles. The first-order valence-corrected chi connectivity index (χ1v) is 6.25. The lowest BCUT2D eigenvalue weighted by molar-refractivity contribution is 0.853. The number of rotatable bonds is 2. The van der Waals surface area contributed by atoms with Crippen molar-refractivity contribution in [3.63, 3.8) is 0 Å². The first-order chi connectivity index (χ1) is 9.78. The molecule has 0 saturated heterocycles. The zero-order valence-electron chi connectivity index (χ0n) is 11.0. The van der Waals surface area contributed by atoms with Crippen molar-refractivity contribution < 1.29 is 0 Å². The molecule has 3 rings (SSSR count). The number of aryl methyl sites for hydroxylation is 1. The zero-order chi connectivity index (χ0) is 13.9. The smallest absolute Gasteiger partial charge is 0.155 e. The number of aromatic nitrogens is 3. The third kappa shape index (κ3) is 2.17. The number of pyridine rings is 1. The second-order valence-corrected chi connectivity index (χ2v) is 4.51. The summed E-state index contributed by atoms with van der Waals surface area (Å²) in [5.41, 5.74) is 3.79. The van der Waals surface area contributed by atoms with Gasteiger partial charge in [-0.1, -0.05) is 23.8 Å². The average Bonchev–Trinajstić information content (AvgIpc) is 2.97. The lowest BCUT2D eigenvalue weighted by Crippen LogP contribution is -2.01. The number of hydrogen-bond donors (Lipinski definition) is 0. The molecule has 0 aliphatic rings. The third-order valence-electron chi connectivity index (χ3n) is 3.05. The minimum absolute atomic E-state index is 0.570. The van der Waals surface area contributed by atoms with E-state index in [1.165, 1.54) is 5.56 Å². The molecule has 0 unspecified atom stereocenters. The van der Waals surface area contributed by atoms with E-state index in [0.717, 1.165) is 11.3 Å². The number of benzene rings is 1. The van der Waals surface area contributed by atoms with Crippen molar-refractivity contribution in [2.75, 3.05) is 0 Å². The molecule has 0 fully saturated rings. The molecule has 0 N–H and O–H groups in total. The Morgan fingerprint density at radius 3 is 2.80 bits per heavy atom. The molecule has 0 radical (unpaired) electrons. The maximum Gasteiger partial charge on any atom is 0.155 e.